The summed E-state index contributed by atoms with van der Waals surface area (Å²) in [5.41, 5.74) is 0.753. The summed E-state index contributed by atoms with van der Waals surface area (Å²) in [6.45, 7) is -2.80. The molecular weight excluding hydrogens is 256 g/mol. The average Bonchev–Trinajstić information content (AvgIpc) is 2.58. The largest absolute Gasteiger partial charge is 0.434 e. The summed E-state index contributed by atoms with van der Waals surface area (Å²) in [6.07, 6.45) is 1.67. The highest BCUT2D eigenvalue weighted by Crippen LogP contribution is 2.31. The highest BCUT2D eigenvalue weighted by molar-refractivity contribution is 9.10. The Balaban J connectivity index is 2.55. The predicted molar refractivity (Wildman–Crippen MR) is 52.6 cm³/mol. The normalized spacial score (nSPS) is 11.1. The number of rotatable bonds is 2. The van der Waals surface area contributed by atoms with Gasteiger partial charge in [-0.05, 0) is 34.1 Å². The van der Waals surface area contributed by atoms with Crippen LogP contribution in [0.2, 0.25) is 0 Å². The molecule has 0 atom stereocenters. The summed E-state index contributed by atoms with van der Waals surface area (Å²) < 4.78 is 29.2. The lowest BCUT2D eigenvalue weighted by molar-refractivity contribution is -0.0487. The molecule has 0 bridgehead atoms. The number of alkyl halides is 2. The fourth-order valence-electron chi connectivity index (χ4n) is 1.29. The molecule has 2 rings (SSSR count). The molecule has 14 heavy (non-hydrogen) atoms. The first kappa shape index (κ1) is 9.45. The first-order valence-electron chi connectivity index (χ1n) is 3.89. The van der Waals surface area contributed by atoms with Crippen LogP contribution in [0.3, 0.4) is 0 Å². The van der Waals surface area contributed by atoms with Gasteiger partial charge in [0.2, 0.25) is 0 Å². The number of fused-ring (bicyclic) bond motifs is 1. The number of ether oxygens (including phenoxy) is 1. The molecule has 0 radical (unpaired) electrons. The zero-order valence-electron chi connectivity index (χ0n) is 6.93. The fourth-order valence-corrected chi connectivity index (χ4v) is 1.75. The van der Waals surface area contributed by atoms with E-state index in [1.165, 1.54) is 6.07 Å². The molecule has 0 aliphatic rings. The molecule has 0 unspecified atom stereocenters. The first-order valence-corrected chi connectivity index (χ1v) is 4.68. The molecule has 0 spiro atoms. The van der Waals surface area contributed by atoms with Crippen molar-refractivity contribution in [3.63, 3.8) is 0 Å². The summed E-state index contributed by atoms with van der Waals surface area (Å²) in [7, 11) is 0. The number of halogens is 3. The Bertz CT molecular complexity index is 455. The first-order chi connectivity index (χ1) is 6.68. The summed E-state index contributed by atoms with van der Waals surface area (Å²) in [6, 6.07) is 4.86. The molecule has 0 saturated heterocycles. The van der Waals surface area contributed by atoms with Crippen molar-refractivity contribution in [3.8, 4) is 5.75 Å². The Morgan fingerprint density at radius 1 is 1.29 bits per heavy atom. The van der Waals surface area contributed by atoms with E-state index in [0.717, 1.165) is 9.99 Å². The maximum absolute atomic E-state index is 12.0. The Kier molecular flexibility index (Phi) is 2.41. The van der Waals surface area contributed by atoms with E-state index in [-0.39, 0.29) is 5.75 Å². The zero-order chi connectivity index (χ0) is 10.1. The van der Waals surface area contributed by atoms with Gasteiger partial charge in [-0.15, -0.1) is 0 Å². The van der Waals surface area contributed by atoms with E-state index in [1.54, 1.807) is 18.3 Å². The van der Waals surface area contributed by atoms with Crippen molar-refractivity contribution < 1.29 is 13.5 Å². The number of nitrogens with one attached hydrogen (secondary N) is 1. The average molecular weight is 262 g/mol. The Hall–Kier alpha value is -1.10. The molecule has 5 heteroatoms. The van der Waals surface area contributed by atoms with Crippen molar-refractivity contribution in [2.24, 2.45) is 0 Å². The third-order valence-corrected chi connectivity index (χ3v) is 2.51. The van der Waals surface area contributed by atoms with Crippen LogP contribution in [0, 0.1) is 0 Å². The van der Waals surface area contributed by atoms with Crippen LogP contribution in [0.5, 0.6) is 5.75 Å². The molecule has 2 aromatic rings. The maximum Gasteiger partial charge on any atom is 0.387 e. The van der Waals surface area contributed by atoms with Gasteiger partial charge in [0.25, 0.3) is 0 Å². The Morgan fingerprint density at radius 3 is 2.79 bits per heavy atom. The molecule has 1 N–H and O–H groups in total. The Labute approximate surface area is 87.0 Å². The molecule has 0 aliphatic carbocycles. The lowest BCUT2D eigenvalue weighted by atomic mass is 10.2. The minimum atomic E-state index is -2.80. The van der Waals surface area contributed by atoms with E-state index in [0.29, 0.717) is 5.39 Å². The van der Waals surface area contributed by atoms with Crippen LogP contribution < -0.4 is 4.74 Å². The molecule has 0 aliphatic heterocycles. The summed E-state index contributed by atoms with van der Waals surface area (Å²) in [4.78, 5) is 2.93. The minimum Gasteiger partial charge on any atom is -0.434 e. The van der Waals surface area contributed by atoms with Crippen molar-refractivity contribution in [1.29, 1.82) is 0 Å². The zero-order valence-corrected chi connectivity index (χ0v) is 8.51. The van der Waals surface area contributed by atoms with Crippen LogP contribution in [-0.2, 0) is 0 Å². The van der Waals surface area contributed by atoms with Gasteiger partial charge in [-0.25, -0.2) is 0 Å². The topological polar surface area (TPSA) is 25.0 Å². The van der Waals surface area contributed by atoms with Gasteiger partial charge >= 0.3 is 6.61 Å². The van der Waals surface area contributed by atoms with Crippen LogP contribution in [-0.4, -0.2) is 11.6 Å². The maximum atomic E-state index is 12.0. The van der Waals surface area contributed by atoms with E-state index in [4.69, 9.17) is 0 Å². The fraction of sp³-hybridized carbons (Fsp3) is 0.111. The quantitative estimate of drug-likeness (QED) is 0.879. The van der Waals surface area contributed by atoms with E-state index in [1.807, 2.05) is 0 Å². The lowest BCUT2D eigenvalue weighted by Crippen LogP contribution is -2.01. The van der Waals surface area contributed by atoms with Gasteiger partial charge in [0.1, 0.15) is 5.75 Å². The molecule has 1 heterocycles. The number of benzene rings is 1. The van der Waals surface area contributed by atoms with Gasteiger partial charge < -0.3 is 9.72 Å². The van der Waals surface area contributed by atoms with Crippen molar-refractivity contribution in [2.75, 3.05) is 0 Å². The van der Waals surface area contributed by atoms with Crippen molar-refractivity contribution in [3.05, 3.63) is 28.9 Å². The number of aromatic amines is 1. The standard InChI is InChI=1S/C9H6BrF2NO/c10-6-1-2-7(14-9(11)12)5-3-4-13-8(5)6/h1-4,9,13H. The number of hydrogen-bond donors (Lipinski definition) is 1. The molecule has 0 fully saturated rings. The molecule has 0 amide bonds. The minimum absolute atomic E-state index is 0.180. The summed E-state index contributed by atoms with van der Waals surface area (Å²) >= 11 is 3.30. The third-order valence-electron chi connectivity index (χ3n) is 1.85. The van der Waals surface area contributed by atoms with Crippen molar-refractivity contribution in [2.45, 2.75) is 6.61 Å². The van der Waals surface area contributed by atoms with Crippen LogP contribution in [0.4, 0.5) is 8.78 Å². The van der Waals surface area contributed by atoms with Gasteiger partial charge in [0, 0.05) is 16.1 Å². The van der Waals surface area contributed by atoms with Crippen molar-refractivity contribution >= 4 is 26.8 Å². The van der Waals surface area contributed by atoms with E-state index >= 15 is 0 Å². The molecule has 74 valence electrons. The number of H-pyrrole nitrogens is 1. The van der Waals surface area contributed by atoms with Gasteiger partial charge in [0.15, 0.2) is 0 Å². The van der Waals surface area contributed by atoms with Gasteiger partial charge in [-0.1, -0.05) is 0 Å². The SMILES string of the molecule is FC(F)Oc1ccc(Br)c2[nH]ccc12. The van der Waals surface area contributed by atoms with E-state index < -0.39 is 6.61 Å². The van der Waals surface area contributed by atoms with Gasteiger partial charge in [0.05, 0.1) is 5.52 Å². The van der Waals surface area contributed by atoms with Crippen LogP contribution in [0.15, 0.2) is 28.9 Å². The summed E-state index contributed by atoms with van der Waals surface area (Å²) in [5.74, 6) is 0.180. The molecule has 1 aromatic carbocycles. The van der Waals surface area contributed by atoms with Crippen molar-refractivity contribution in [1.82, 2.24) is 4.98 Å². The third kappa shape index (κ3) is 1.59. The second kappa shape index (κ2) is 3.57. The molecule has 2 nitrogen and oxygen atoms in total. The molecule has 1 aromatic heterocycles. The van der Waals surface area contributed by atoms with Crippen LogP contribution >= 0.6 is 15.9 Å². The van der Waals surface area contributed by atoms with E-state index in [2.05, 4.69) is 25.7 Å². The number of hydrogen-bond acceptors (Lipinski definition) is 1. The molecule has 0 saturated carbocycles. The summed E-state index contributed by atoms with van der Waals surface area (Å²) in [5, 5.41) is 0.639. The van der Waals surface area contributed by atoms with Crippen LogP contribution in [0.25, 0.3) is 10.9 Å². The monoisotopic (exact) mass is 261 g/mol. The molecular formula is C9H6BrF2NO. The van der Waals surface area contributed by atoms with Gasteiger partial charge in [-0.2, -0.15) is 8.78 Å². The second-order valence-electron chi connectivity index (χ2n) is 2.69. The smallest absolute Gasteiger partial charge is 0.387 e. The second-order valence-corrected chi connectivity index (χ2v) is 3.54. The van der Waals surface area contributed by atoms with Crippen LogP contribution in [0.1, 0.15) is 0 Å². The number of aromatic nitrogens is 1. The lowest BCUT2D eigenvalue weighted by Gasteiger charge is -2.06. The Morgan fingerprint density at radius 2 is 2.07 bits per heavy atom. The van der Waals surface area contributed by atoms with Gasteiger partial charge in [-0.3, -0.25) is 0 Å². The highest BCUT2D eigenvalue weighted by atomic mass is 79.9. The predicted octanol–water partition coefficient (Wildman–Crippen LogP) is 3.53. The highest BCUT2D eigenvalue weighted by Gasteiger charge is 2.10. The van der Waals surface area contributed by atoms with E-state index in [9.17, 15) is 8.78 Å².